The number of hydrogen-bond donors (Lipinski definition) is 2. The standard InChI is InChI=1S/C27H34O4/c1-18(2)24-11-15-27(5,30)14-7-13-26(4)12-6-8-19(3)22(26)17-21-16-20(25(29)31-24)9-10-23(21)28/h6-7,9-10,12,14,16,24,28,30H,1,8,11,13,15,17H2,2-5H3/b14-7-/t24-,26-,27+/m0/s1. The molecule has 166 valence electrons. The fourth-order valence-electron chi connectivity index (χ4n) is 4.46. The molecule has 0 saturated carbocycles. The number of hydrogen-bond acceptors (Lipinski definition) is 4. The lowest BCUT2D eigenvalue weighted by atomic mass is 9.71. The van der Waals surface area contributed by atoms with Crippen LogP contribution in [-0.2, 0) is 11.2 Å². The van der Waals surface area contributed by atoms with Crippen LogP contribution in [0.25, 0.3) is 0 Å². The summed E-state index contributed by atoms with van der Waals surface area (Å²) in [6.45, 7) is 11.9. The molecular formula is C27H34O4. The average molecular weight is 423 g/mol. The third-order valence-corrected chi connectivity index (χ3v) is 6.53. The second kappa shape index (κ2) is 8.88. The number of benzene rings is 1. The minimum atomic E-state index is -1.01. The maximum absolute atomic E-state index is 12.9. The molecule has 3 rings (SSSR count). The molecule has 0 aromatic heterocycles. The third-order valence-electron chi connectivity index (χ3n) is 6.53. The molecule has 3 atom stereocenters. The molecule has 31 heavy (non-hydrogen) atoms. The first-order valence-electron chi connectivity index (χ1n) is 11.0. The van der Waals surface area contributed by atoms with E-state index in [2.05, 4.69) is 32.6 Å². The van der Waals surface area contributed by atoms with E-state index in [9.17, 15) is 15.0 Å². The lowest BCUT2D eigenvalue weighted by Crippen LogP contribution is -2.26. The lowest BCUT2D eigenvalue weighted by molar-refractivity contribution is 0.0277. The van der Waals surface area contributed by atoms with Crippen LogP contribution in [0.15, 0.2) is 65.8 Å². The van der Waals surface area contributed by atoms with E-state index in [1.54, 1.807) is 25.1 Å². The van der Waals surface area contributed by atoms with Gasteiger partial charge < -0.3 is 14.9 Å². The van der Waals surface area contributed by atoms with Gasteiger partial charge in [0.05, 0.1) is 11.2 Å². The highest BCUT2D eigenvalue weighted by molar-refractivity contribution is 5.90. The predicted molar refractivity (Wildman–Crippen MR) is 124 cm³/mol. The summed E-state index contributed by atoms with van der Waals surface area (Å²) in [6, 6.07) is 4.89. The predicted octanol–water partition coefficient (Wildman–Crippen LogP) is 5.81. The number of allylic oxidation sites excluding steroid dienone is 5. The Morgan fingerprint density at radius 3 is 2.68 bits per heavy atom. The number of cyclic esters (lactones) is 1. The summed E-state index contributed by atoms with van der Waals surface area (Å²) in [7, 11) is 0. The van der Waals surface area contributed by atoms with Crippen LogP contribution in [0.4, 0.5) is 0 Å². The highest BCUT2D eigenvalue weighted by atomic mass is 16.5. The van der Waals surface area contributed by atoms with Crippen LogP contribution in [-0.4, -0.2) is 27.9 Å². The van der Waals surface area contributed by atoms with Crippen molar-refractivity contribution in [3.05, 3.63) is 76.9 Å². The van der Waals surface area contributed by atoms with E-state index >= 15 is 0 Å². The van der Waals surface area contributed by atoms with Crippen molar-refractivity contribution in [2.24, 2.45) is 5.41 Å². The molecule has 4 heteroatoms. The fraction of sp³-hybridized carbons (Fsp3) is 0.444. The molecular weight excluding hydrogens is 388 g/mol. The molecule has 0 amide bonds. The minimum absolute atomic E-state index is 0.174. The molecule has 1 aliphatic carbocycles. The Bertz CT molecular complexity index is 963. The number of phenols is 1. The molecule has 4 nitrogen and oxygen atoms in total. The smallest absolute Gasteiger partial charge is 0.338 e. The van der Waals surface area contributed by atoms with Gasteiger partial charge in [-0.3, -0.25) is 0 Å². The van der Waals surface area contributed by atoms with E-state index in [0.29, 0.717) is 30.4 Å². The molecule has 0 radical (unpaired) electrons. The molecule has 2 N–H and O–H groups in total. The van der Waals surface area contributed by atoms with E-state index in [1.165, 1.54) is 11.1 Å². The molecule has 0 fully saturated rings. The van der Waals surface area contributed by atoms with Crippen LogP contribution >= 0.6 is 0 Å². The molecule has 1 heterocycles. The maximum Gasteiger partial charge on any atom is 0.338 e. The number of carbonyl (C=O) groups is 1. The molecule has 0 saturated heterocycles. The zero-order chi connectivity index (χ0) is 22.8. The van der Waals surface area contributed by atoms with Gasteiger partial charge in [-0.15, -0.1) is 0 Å². The number of aliphatic hydroxyl groups is 1. The van der Waals surface area contributed by atoms with E-state index in [-0.39, 0.29) is 11.2 Å². The lowest BCUT2D eigenvalue weighted by Gasteiger charge is -2.34. The summed E-state index contributed by atoms with van der Waals surface area (Å²) < 4.78 is 5.73. The van der Waals surface area contributed by atoms with Crippen molar-refractivity contribution in [1.82, 2.24) is 0 Å². The average Bonchev–Trinajstić information content (AvgIpc) is 2.68. The highest BCUT2D eigenvalue weighted by Gasteiger charge is 2.31. The Kier molecular flexibility index (Phi) is 6.61. The van der Waals surface area contributed by atoms with Crippen molar-refractivity contribution in [2.75, 3.05) is 0 Å². The Balaban J connectivity index is 2.07. The molecule has 0 unspecified atom stereocenters. The molecule has 1 aliphatic heterocycles. The molecule has 1 aromatic carbocycles. The summed E-state index contributed by atoms with van der Waals surface area (Å²) in [6.07, 6.45) is 10.9. The number of ether oxygens (including phenoxy) is 1. The number of aromatic hydroxyl groups is 1. The number of rotatable bonds is 1. The Labute approximate surface area is 185 Å². The highest BCUT2D eigenvalue weighted by Crippen LogP contribution is 2.42. The fourth-order valence-corrected chi connectivity index (χ4v) is 4.46. The van der Waals surface area contributed by atoms with Gasteiger partial charge >= 0.3 is 5.97 Å². The molecule has 2 bridgehead atoms. The van der Waals surface area contributed by atoms with Crippen molar-refractivity contribution in [3.8, 4) is 5.75 Å². The Hall–Kier alpha value is -2.59. The van der Waals surface area contributed by atoms with Gasteiger partial charge in [0.1, 0.15) is 11.9 Å². The van der Waals surface area contributed by atoms with E-state index < -0.39 is 17.7 Å². The number of phenolic OH excluding ortho intramolecular Hbond substituents is 1. The van der Waals surface area contributed by atoms with Gasteiger partial charge in [-0.2, -0.15) is 0 Å². The van der Waals surface area contributed by atoms with Crippen molar-refractivity contribution < 1.29 is 19.7 Å². The SMILES string of the molecule is C=C(C)[C@@H]1CC[C@](C)(O)/C=C\C[C@]2(C)C=CCC(C)=C2Cc2cc(ccc2O)C(=O)O1. The summed E-state index contributed by atoms with van der Waals surface area (Å²) in [5, 5.41) is 21.4. The second-order valence-electron chi connectivity index (χ2n) is 9.55. The Morgan fingerprint density at radius 1 is 1.23 bits per heavy atom. The van der Waals surface area contributed by atoms with E-state index in [4.69, 9.17) is 4.74 Å². The van der Waals surface area contributed by atoms with Crippen LogP contribution < -0.4 is 0 Å². The quantitative estimate of drug-likeness (QED) is 0.443. The first-order valence-corrected chi connectivity index (χ1v) is 11.0. The van der Waals surface area contributed by atoms with Crippen LogP contribution in [0, 0.1) is 5.41 Å². The van der Waals surface area contributed by atoms with Crippen LogP contribution in [0.3, 0.4) is 0 Å². The summed E-state index contributed by atoms with van der Waals surface area (Å²) in [5.41, 5.74) is 3.12. The van der Waals surface area contributed by atoms with Gasteiger partial charge in [0.15, 0.2) is 0 Å². The Morgan fingerprint density at radius 2 is 1.97 bits per heavy atom. The number of fused-ring (bicyclic) bond motifs is 3. The van der Waals surface area contributed by atoms with Gasteiger partial charge in [-0.25, -0.2) is 4.79 Å². The monoisotopic (exact) mass is 422 g/mol. The maximum atomic E-state index is 12.9. The minimum Gasteiger partial charge on any atom is -0.508 e. The van der Waals surface area contributed by atoms with Crippen molar-refractivity contribution in [2.45, 2.75) is 71.5 Å². The largest absolute Gasteiger partial charge is 0.508 e. The van der Waals surface area contributed by atoms with Gasteiger partial charge in [-0.05, 0) is 82.2 Å². The number of carbonyl (C=O) groups excluding carboxylic acids is 1. The van der Waals surface area contributed by atoms with Crippen molar-refractivity contribution >= 4 is 5.97 Å². The first kappa shape index (κ1) is 23.1. The van der Waals surface area contributed by atoms with Gasteiger partial charge in [0.2, 0.25) is 0 Å². The molecule has 2 aliphatic rings. The topological polar surface area (TPSA) is 66.8 Å². The zero-order valence-electron chi connectivity index (χ0n) is 19.1. The summed E-state index contributed by atoms with van der Waals surface area (Å²) in [5.74, 6) is -0.274. The second-order valence-corrected chi connectivity index (χ2v) is 9.55. The normalized spacial score (nSPS) is 30.6. The first-order chi connectivity index (χ1) is 14.5. The van der Waals surface area contributed by atoms with E-state index in [1.807, 2.05) is 19.1 Å². The van der Waals surface area contributed by atoms with Crippen LogP contribution in [0.5, 0.6) is 5.75 Å². The zero-order valence-corrected chi connectivity index (χ0v) is 19.1. The molecule has 1 aromatic rings. The number of esters is 1. The summed E-state index contributed by atoms with van der Waals surface area (Å²) >= 11 is 0. The third kappa shape index (κ3) is 5.37. The molecule has 0 spiro atoms. The van der Waals surface area contributed by atoms with E-state index in [0.717, 1.165) is 18.4 Å². The van der Waals surface area contributed by atoms with Crippen molar-refractivity contribution in [3.63, 3.8) is 0 Å². The summed E-state index contributed by atoms with van der Waals surface area (Å²) in [4.78, 5) is 12.9. The van der Waals surface area contributed by atoms with Gasteiger partial charge in [0.25, 0.3) is 0 Å². The van der Waals surface area contributed by atoms with Crippen molar-refractivity contribution in [1.29, 1.82) is 0 Å². The van der Waals surface area contributed by atoms with Gasteiger partial charge in [0, 0.05) is 5.41 Å². The van der Waals surface area contributed by atoms with Crippen LogP contribution in [0.1, 0.15) is 69.3 Å². The van der Waals surface area contributed by atoms with Gasteiger partial charge in [-0.1, -0.05) is 49.0 Å². The van der Waals surface area contributed by atoms with Crippen LogP contribution in [0.2, 0.25) is 0 Å².